The first kappa shape index (κ1) is 9.81. The zero-order valence-electron chi connectivity index (χ0n) is 7.25. The normalized spacial score (nSPS) is 10.3. The minimum Gasteiger partial charge on any atom is -0.356 e. The molecule has 0 bridgehead atoms. The van der Waals surface area contributed by atoms with Crippen molar-refractivity contribution in [3.8, 4) is 0 Å². The minimum atomic E-state index is -0.139. The summed E-state index contributed by atoms with van der Waals surface area (Å²) in [5.74, 6) is -0.139. The summed E-state index contributed by atoms with van der Waals surface area (Å²) < 4.78 is 0. The largest absolute Gasteiger partial charge is 0.356 e. The number of carbonyl (C=O) groups is 1. The molecule has 1 amide bonds. The fraction of sp³-hybridized carbons (Fsp3) is 0.100. The zero-order chi connectivity index (χ0) is 9.68. The second kappa shape index (κ2) is 4.67. The van der Waals surface area contributed by atoms with Crippen molar-refractivity contribution < 1.29 is 4.79 Å². The van der Waals surface area contributed by atoms with E-state index in [0.717, 1.165) is 5.56 Å². The van der Waals surface area contributed by atoms with Crippen LogP contribution in [0.4, 0.5) is 0 Å². The lowest BCUT2D eigenvalue weighted by Crippen LogP contribution is -2.13. The van der Waals surface area contributed by atoms with Crippen molar-refractivity contribution in [1.29, 1.82) is 0 Å². The Bertz CT molecular complexity index is 333. The molecule has 3 heteroatoms. The molecule has 0 aromatic heterocycles. The SMILES string of the molecule is CNC(=O)/C=C/c1ccccc1Cl. The first-order valence-corrected chi connectivity index (χ1v) is 4.26. The van der Waals surface area contributed by atoms with Crippen molar-refractivity contribution in [1.82, 2.24) is 5.32 Å². The first-order chi connectivity index (χ1) is 6.24. The minimum absolute atomic E-state index is 0.139. The molecule has 1 aromatic carbocycles. The number of likely N-dealkylation sites (N-methyl/N-ethyl adjacent to an activating group) is 1. The second-order valence-corrected chi connectivity index (χ2v) is 2.88. The van der Waals surface area contributed by atoms with Gasteiger partial charge in [0.15, 0.2) is 0 Å². The molecule has 0 aliphatic carbocycles. The molecule has 2 nitrogen and oxygen atoms in total. The Hall–Kier alpha value is -1.28. The van der Waals surface area contributed by atoms with Crippen molar-refractivity contribution in [2.24, 2.45) is 0 Å². The summed E-state index contributed by atoms with van der Waals surface area (Å²) in [7, 11) is 1.58. The smallest absolute Gasteiger partial charge is 0.243 e. The van der Waals surface area contributed by atoms with E-state index in [1.54, 1.807) is 19.2 Å². The summed E-state index contributed by atoms with van der Waals surface area (Å²) in [5.41, 5.74) is 0.841. The standard InChI is InChI=1S/C10H10ClNO/c1-12-10(13)7-6-8-4-2-3-5-9(8)11/h2-7H,1H3,(H,12,13)/b7-6+. The Morgan fingerprint density at radius 1 is 1.46 bits per heavy atom. The summed E-state index contributed by atoms with van der Waals surface area (Å²) in [6.45, 7) is 0. The lowest BCUT2D eigenvalue weighted by Gasteiger charge is -1.95. The molecule has 0 atom stereocenters. The number of benzene rings is 1. The van der Waals surface area contributed by atoms with Gasteiger partial charge in [0.25, 0.3) is 0 Å². The van der Waals surface area contributed by atoms with E-state index in [1.165, 1.54) is 6.08 Å². The van der Waals surface area contributed by atoms with Gasteiger partial charge in [-0.05, 0) is 17.7 Å². The Morgan fingerprint density at radius 2 is 2.15 bits per heavy atom. The van der Waals surface area contributed by atoms with Gasteiger partial charge in [-0.15, -0.1) is 0 Å². The van der Waals surface area contributed by atoms with Crippen LogP contribution in [0.3, 0.4) is 0 Å². The average Bonchev–Trinajstić information content (AvgIpc) is 2.16. The summed E-state index contributed by atoms with van der Waals surface area (Å²) >= 11 is 5.87. The van der Waals surface area contributed by atoms with Crippen LogP contribution in [0.15, 0.2) is 30.3 Å². The summed E-state index contributed by atoms with van der Waals surface area (Å²) in [5, 5.41) is 3.13. The quantitative estimate of drug-likeness (QED) is 0.720. The molecule has 68 valence electrons. The molecular weight excluding hydrogens is 186 g/mol. The zero-order valence-corrected chi connectivity index (χ0v) is 8.01. The number of nitrogens with one attached hydrogen (secondary N) is 1. The third kappa shape index (κ3) is 2.92. The van der Waals surface area contributed by atoms with Crippen LogP contribution in [-0.2, 0) is 4.79 Å². The molecule has 1 aromatic rings. The van der Waals surface area contributed by atoms with Crippen molar-refractivity contribution in [2.75, 3.05) is 7.05 Å². The molecule has 0 saturated heterocycles. The molecular formula is C10H10ClNO. The Morgan fingerprint density at radius 3 is 2.77 bits per heavy atom. The van der Waals surface area contributed by atoms with Crippen LogP contribution >= 0.6 is 11.6 Å². The molecule has 13 heavy (non-hydrogen) atoms. The number of hydrogen-bond acceptors (Lipinski definition) is 1. The van der Waals surface area contributed by atoms with Crippen molar-refractivity contribution in [3.63, 3.8) is 0 Å². The number of halogens is 1. The maximum Gasteiger partial charge on any atom is 0.243 e. The third-order valence-electron chi connectivity index (χ3n) is 1.57. The van der Waals surface area contributed by atoms with Crippen LogP contribution in [0.1, 0.15) is 5.56 Å². The Balaban J connectivity index is 2.80. The molecule has 0 aliphatic heterocycles. The summed E-state index contributed by atoms with van der Waals surface area (Å²) in [6.07, 6.45) is 3.13. The average molecular weight is 196 g/mol. The number of carbonyl (C=O) groups excluding carboxylic acids is 1. The molecule has 0 fully saturated rings. The number of hydrogen-bond donors (Lipinski definition) is 1. The fourth-order valence-corrected chi connectivity index (χ4v) is 1.06. The maximum absolute atomic E-state index is 10.9. The summed E-state index contributed by atoms with van der Waals surface area (Å²) in [6, 6.07) is 7.35. The van der Waals surface area contributed by atoms with Gasteiger partial charge in [0, 0.05) is 18.1 Å². The molecule has 1 N–H and O–H groups in total. The van der Waals surface area contributed by atoms with Crippen LogP contribution in [0.5, 0.6) is 0 Å². The molecule has 0 spiro atoms. The van der Waals surface area contributed by atoms with Gasteiger partial charge in [0.2, 0.25) is 5.91 Å². The van der Waals surface area contributed by atoms with Gasteiger partial charge in [-0.1, -0.05) is 29.8 Å². The highest BCUT2D eigenvalue weighted by molar-refractivity contribution is 6.32. The van der Waals surface area contributed by atoms with Gasteiger partial charge < -0.3 is 5.32 Å². The number of rotatable bonds is 2. The maximum atomic E-state index is 10.9. The van der Waals surface area contributed by atoms with E-state index in [1.807, 2.05) is 18.2 Å². The molecule has 0 aliphatic rings. The van der Waals surface area contributed by atoms with E-state index >= 15 is 0 Å². The van der Waals surface area contributed by atoms with Gasteiger partial charge in [-0.3, -0.25) is 4.79 Å². The van der Waals surface area contributed by atoms with Crippen LogP contribution < -0.4 is 5.32 Å². The van der Waals surface area contributed by atoms with Crippen LogP contribution in [-0.4, -0.2) is 13.0 Å². The molecule has 0 saturated carbocycles. The highest BCUT2D eigenvalue weighted by Gasteiger charge is 1.94. The highest BCUT2D eigenvalue weighted by atomic mass is 35.5. The number of amides is 1. The first-order valence-electron chi connectivity index (χ1n) is 3.88. The Labute approximate surface area is 82.2 Å². The summed E-state index contributed by atoms with van der Waals surface area (Å²) in [4.78, 5) is 10.9. The monoisotopic (exact) mass is 195 g/mol. The Kier molecular flexibility index (Phi) is 3.53. The van der Waals surface area contributed by atoms with E-state index in [-0.39, 0.29) is 5.91 Å². The van der Waals surface area contributed by atoms with Crippen molar-refractivity contribution in [3.05, 3.63) is 40.9 Å². The predicted octanol–water partition coefficient (Wildman–Crippen LogP) is 2.10. The van der Waals surface area contributed by atoms with E-state index in [0.29, 0.717) is 5.02 Å². The van der Waals surface area contributed by atoms with Crippen LogP contribution in [0.25, 0.3) is 6.08 Å². The van der Waals surface area contributed by atoms with Crippen LogP contribution in [0, 0.1) is 0 Å². The van der Waals surface area contributed by atoms with Gasteiger partial charge in [0.1, 0.15) is 0 Å². The van der Waals surface area contributed by atoms with E-state index < -0.39 is 0 Å². The third-order valence-corrected chi connectivity index (χ3v) is 1.91. The van der Waals surface area contributed by atoms with Gasteiger partial charge in [0.05, 0.1) is 0 Å². The molecule has 0 radical (unpaired) electrons. The predicted molar refractivity (Wildman–Crippen MR) is 54.6 cm³/mol. The van der Waals surface area contributed by atoms with Crippen molar-refractivity contribution in [2.45, 2.75) is 0 Å². The lowest BCUT2D eigenvalue weighted by atomic mass is 10.2. The van der Waals surface area contributed by atoms with Crippen LogP contribution in [0.2, 0.25) is 5.02 Å². The lowest BCUT2D eigenvalue weighted by molar-refractivity contribution is -0.115. The highest BCUT2D eigenvalue weighted by Crippen LogP contribution is 2.15. The van der Waals surface area contributed by atoms with E-state index in [4.69, 9.17) is 11.6 Å². The molecule has 1 rings (SSSR count). The van der Waals surface area contributed by atoms with E-state index in [9.17, 15) is 4.79 Å². The van der Waals surface area contributed by atoms with E-state index in [2.05, 4.69) is 5.32 Å². The fourth-order valence-electron chi connectivity index (χ4n) is 0.859. The van der Waals surface area contributed by atoms with Gasteiger partial charge in [-0.25, -0.2) is 0 Å². The van der Waals surface area contributed by atoms with Crippen molar-refractivity contribution >= 4 is 23.6 Å². The topological polar surface area (TPSA) is 29.1 Å². The van der Waals surface area contributed by atoms with Gasteiger partial charge in [-0.2, -0.15) is 0 Å². The second-order valence-electron chi connectivity index (χ2n) is 2.47. The molecule has 0 unspecified atom stereocenters. The van der Waals surface area contributed by atoms with Gasteiger partial charge >= 0.3 is 0 Å². The molecule has 0 heterocycles.